The number of rotatable bonds is 7. The van der Waals surface area contributed by atoms with E-state index >= 15 is 0 Å². The van der Waals surface area contributed by atoms with Gasteiger partial charge >= 0.3 is 0 Å². The molecule has 1 fully saturated rings. The molecule has 1 aromatic heterocycles. The van der Waals surface area contributed by atoms with Crippen LogP contribution in [-0.2, 0) is 11.3 Å². The summed E-state index contributed by atoms with van der Waals surface area (Å²) in [5.41, 5.74) is 2.91. The van der Waals surface area contributed by atoms with Gasteiger partial charge in [0.2, 0.25) is 0 Å². The highest BCUT2D eigenvalue weighted by Crippen LogP contribution is 2.43. The molecule has 33 heavy (non-hydrogen) atoms. The van der Waals surface area contributed by atoms with Gasteiger partial charge in [0.15, 0.2) is 0 Å². The van der Waals surface area contributed by atoms with Crippen molar-refractivity contribution in [2.24, 2.45) is 0 Å². The number of aromatic nitrogens is 1. The first-order chi connectivity index (χ1) is 16.2. The normalized spacial score (nSPS) is 19.0. The van der Waals surface area contributed by atoms with Gasteiger partial charge in [-0.1, -0.05) is 31.0 Å². The summed E-state index contributed by atoms with van der Waals surface area (Å²) in [7, 11) is 3.30. The monoisotopic (exact) mass is 448 g/mol. The Morgan fingerprint density at radius 1 is 1.03 bits per heavy atom. The minimum absolute atomic E-state index is 0.0721. The van der Waals surface area contributed by atoms with Crippen molar-refractivity contribution in [2.75, 3.05) is 14.2 Å². The minimum Gasteiger partial charge on any atom is -0.496 e. The molecule has 2 aromatic carbocycles. The van der Waals surface area contributed by atoms with Crippen LogP contribution in [-0.4, -0.2) is 36.4 Å². The van der Waals surface area contributed by atoms with Gasteiger partial charge in [0.25, 0.3) is 0 Å². The number of methoxy groups -OCH3 is 2. The zero-order chi connectivity index (χ0) is 23.2. The van der Waals surface area contributed by atoms with Crippen LogP contribution in [0.25, 0.3) is 11.3 Å². The Hall–Kier alpha value is -3.25. The molecule has 1 saturated heterocycles. The van der Waals surface area contributed by atoms with Gasteiger partial charge in [-0.25, -0.2) is 4.39 Å². The van der Waals surface area contributed by atoms with E-state index in [2.05, 4.69) is 9.88 Å². The van der Waals surface area contributed by atoms with Gasteiger partial charge in [-0.15, -0.1) is 0 Å². The summed E-state index contributed by atoms with van der Waals surface area (Å²) < 4.78 is 26.0. The van der Waals surface area contributed by atoms with Gasteiger partial charge in [0.1, 0.15) is 23.6 Å². The van der Waals surface area contributed by atoms with Crippen molar-refractivity contribution in [3.05, 3.63) is 77.7 Å². The fraction of sp³-hybridized carbons (Fsp3) is 0.333. The molecule has 0 radical (unpaired) electrons. The van der Waals surface area contributed by atoms with Crippen LogP contribution in [0.2, 0.25) is 0 Å². The molecular weight excluding hydrogens is 419 g/mol. The lowest BCUT2D eigenvalue weighted by Crippen LogP contribution is -2.38. The van der Waals surface area contributed by atoms with Crippen molar-refractivity contribution in [2.45, 2.75) is 44.3 Å². The average Bonchev–Trinajstić information content (AvgIpc) is 3.06. The fourth-order valence-electron chi connectivity index (χ4n) is 4.75. The zero-order valence-corrected chi connectivity index (χ0v) is 19.0. The zero-order valence-electron chi connectivity index (χ0n) is 19.0. The lowest BCUT2D eigenvalue weighted by Gasteiger charge is -2.35. The third-order valence-electron chi connectivity index (χ3n) is 6.35. The van der Waals surface area contributed by atoms with Crippen LogP contribution in [0.5, 0.6) is 11.5 Å². The van der Waals surface area contributed by atoms with E-state index in [9.17, 15) is 9.18 Å². The number of benzene rings is 2. The fourth-order valence-corrected chi connectivity index (χ4v) is 4.75. The number of hydrogen-bond acceptors (Lipinski definition) is 5. The van der Waals surface area contributed by atoms with Gasteiger partial charge in [-0.2, -0.15) is 0 Å². The van der Waals surface area contributed by atoms with Crippen LogP contribution >= 0.6 is 0 Å². The van der Waals surface area contributed by atoms with Crippen molar-refractivity contribution >= 4 is 6.29 Å². The maximum Gasteiger partial charge on any atom is 0.137 e. The topological polar surface area (TPSA) is 51.7 Å². The largest absolute Gasteiger partial charge is 0.496 e. The highest BCUT2D eigenvalue weighted by atomic mass is 19.1. The molecule has 2 unspecified atom stereocenters. The number of carbonyl (C=O) groups is 1. The summed E-state index contributed by atoms with van der Waals surface area (Å²) >= 11 is 0. The first kappa shape index (κ1) is 22.9. The molecule has 0 amide bonds. The minimum atomic E-state index is -0.316. The Morgan fingerprint density at radius 3 is 2.45 bits per heavy atom. The summed E-state index contributed by atoms with van der Waals surface area (Å²) in [5, 5.41) is 0. The molecule has 4 rings (SSSR count). The molecule has 6 heteroatoms. The highest BCUT2D eigenvalue weighted by molar-refractivity contribution is 5.61. The highest BCUT2D eigenvalue weighted by Gasteiger charge is 2.33. The standard InChI is InChI=1S/C27H29FN2O3/c1-32-25-11-7-12-26(33-2)27(25)24-10-4-3-8-20(18-31)30(24)17-19-13-14-22(28)21(16-19)23-9-5-6-15-29-23/h5-7,9,11-16,18,20,24H,3-4,8,10,17H2,1-2H3. The van der Waals surface area contributed by atoms with E-state index in [0.717, 1.165) is 54.6 Å². The molecule has 172 valence electrons. The van der Waals surface area contributed by atoms with E-state index in [4.69, 9.17) is 9.47 Å². The van der Waals surface area contributed by atoms with Crippen LogP contribution in [0, 0.1) is 5.82 Å². The average molecular weight is 449 g/mol. The maximum absolute atomic E-state index is 14.6. The molecule has 0 aliphatic carbocycles. The molecule has 0 spiro atoms. The van der Waals surface area contributed by atoms with Gasteiger partial charge in [0.05, 0.1) is 31.5 Å². The molecule has 2 atom stereocenters. The van der Waals surface area contributed by atoms with E-state index in [1.165, 1.54) is 6.07 Å². The predicted octanol–water partition coefficient (Wildman–Crippen LogP) is 5.59. The smallest absolute Gasteiger partial charge is 0.137 e. The molecule has 0 N–H and O–H groups in total. The molecule has 1 aliphatic rings. The van der Waals surface area contributed by atoms with Gasteiger partial charge in [-0.05, 0) is 54.8 Å². The lowest BCUT2D eigenvalue weighted by atomic mass is 9.97. The molecule has 0 bridgehead atoms. The van der Waals surface area contributed by atoms with Crippen molar-refractivity contribution in [1.82, 2.24) is 9.88 Å². The first-order valence-electron chi connectivity index (χ1n) is 11.3. The lowest BCUT2D eigenvalue weighted by molar-refractivity contribution is -0.113. The maximum atomic E-state index is 14.6. The van der Waals surface area contributed by atoms with Crippen molar-refractivity contribution in [3.63, 3.8) is 0 Å². The number of nitrogens with zero attached hydrogens (tertiary/aromatic N) is 2. The van der Waals surface area contributed by atoms with E-state index in [1.807, 2.05) is 36.4 Å². The molecule has 3 aromatic rings. The number of pyridine rings is 1. The van der Waals surface area contributed by atoms with Gasteiger partial charge in [0, 0.05) is 24.3 Å². The number of likely N-dealkylation sites (tertiary alicyclic amines) is 1. The summed E-state index contributed by atoms with van der Waals surface area (Å²) in [4.78, 5) is 18.7. The second-order valence-corrected chi connectivity index (χ2v) is 8.28. The van der Waals surface area contributed by atoms with Crippen molar-refractivity contribution < 1.29 is 18.7 Å². The second kappa shape index (κ2) is 10.6. The van der Waals surface area contributed by atoms with Gasteiger partial charge < -0.3 is 14.3 Å². The van der Waals surface area contributed by atoms with Crippen molar-refractivity contribution in [1.29, 1.82) is 0 Å². The third-order valence-corrected chi connectivity index (χ3v) is 6.35. The predicted molar refractivity (Wildman–Crippen MR) is 126 cm³/mol. The van der Waals surface area contributed by atoms with Crippen LogP contribution < -0.4 is 9.47 Å². The van der Waals surface area contributed by atoms with Gasteiger partial charge in [-0.3, -0.25) is 9.88 Å². The number of ether oxygens (including phenoxy) is 2. The third kappa shape index (κ3) is 4.91. The summed E-state index contributed by atoms with van der Waals surface area (Å²) in [6.07, 6.45) is 6.30. The Bertz CT molecular complexity index is 1070. The summed E-state index contributed by atoms with van der Waals surface area (Å²) in [6.45, 7) is 0.495. The molecule has 0 saturated carbocycles. The number of carbonyl (C=O) groups excluding carboxylic acids is 1. The van der Waals surface area contributed by atoms with Crippen LogP contribution in [0.1, 0.15) is 42.9 Å². The second-order valence-electron chi connectivity index (χ2n) is 8.28. The molecule has 2 heterocycles. The summed E-state index contributed by atoms with van der Waals surface area (Å²) in [5.74, 6) is 1.16. The molecular formula is C27H29FN2O3. The Labute approximate surface area is 194 Å². The van der Waals surface area contributed by atoms with E-state index in [1.54, 1.807) is 32.5 Å². The molecule has 1 aliphatic heterocycles. The SMILES string of the molecule is COc1cccc(OC)c1C1CCCCC(C=O)N1Cc1ccc(F)c(-c2ccccn2)c1. The Balaban J connectivity index is 1.76. The Kier molecular flexibility index (Phi) is 7.35. The van der Waals surface area contributed by atoms with Crippen LogP contribution in [0.3, 0.4) is 0 Å². The van der Waals surface area contributed by atoms with E-state index in [-0.39, 0.29) is 17.9 Å². The summed E-state index contributed by atoms with van der Waals surface area (Å²) in [6, 6.07) is 16.0. The number of hydrogen-bond donors (Lipinski definition) is 0. The van der Waals surface area contributed by atoms with E-state index in [0.29, 0.717) is 17.8 Å². The van der Waals surface area contributed by atoms with Crippen LogP contribution in [0.4, 0.5) is 4.39 Å². The number of aldehydes is 1. The molecule has 5 nitrogen and oxygen atoms in total. The van der Waals surface area contributed by atoms with E-state index < -0.39 is 0 Å². The number of halogens is 1. The Morgan fingerprint density at radius 2 is 1.79 bits per heavy atom. The van der Waals surface area contributed by atoms with Crippen LogP contribution in [0.15, 0.2) is 60.8 Å². The quantitative estimate of drug-likeness (QED) is 0.441. The van der Waals surface area contributed by atoms with Crippen molar-refractivity contribution in [3.8, 4) is 22.8 Å². The first-order valence-corrected chi connectivity index (χ1v) is 11.3.